The van der Waals surface area contributed by atoms with E-state index in [9.17, 15) is 23.5 Å². The van der Waals surface area contributed by atoms with Crippen LogP contribution in [-0.4, -0.2) is 21.9 Å². The number of hydrogen-bond donors (Lipinski definition) is 2. The first kappa shape index (κ1) is 23.8. The molecule has 1 saturated heterocycles. The molecule has 1 aliphatic heterocycles. The molecule has 1 fully saturated rings. The molecule has 2 aliphatic rings. The molecule has 0 aromatic heterocycles. The number of allylic oxidation sites excluding steroid dienone is 3. The summed E-state index contributed by atoms with van der Waals surface area (Å²) in [5.74, 6) is -4.46. The maximum atomic E-state index is 14.5. The smallest absolute Gasteiger partial charge is 0.260 e. The van der Waals surface area contributed by atoms with Gasteiger partial charge in [-0.25, -0.2) is 8.78 Å². The SMILES string of the molecule is C=CC1=CC[C@H]2C(=O)N(Nc3ccc(F)cc3)C(=O)[C@@]2(c2ccc(Cl)cc2)[C@H]1c1ccc(O)c(F)c1. The van der Waals surface area contributed by atoms with Crippen molar-refractivity contribution < 1.29 is 23.5 Å². The number of amides is 2. The monoisotopic (exact) mass is 506 g/mol. The molecule has 0 saturated carbocycles. The number of aromatic hydroxyl groups is 1. The number of phenolic OH excluding ortho intramolecular Hbond substituents is 1. The van der Waals surface area contributed by atoms with Crippen LogP contribution in [0.4, 0.5) is 14.5 Å². The second-order valence-electron chi connectivity index (χ2n) is 8.81. The minimum absolute atomic E-state index is 0.243. The predicted octanol–water partition coefficient (Wildman–Crippen LogP) is 5.87. The van der Waals surface area contributed by atoms with Gasteiger partial charge in [-0.05, 0) is 71.7 Å². The van der Waals surface area contributed by atoms with Crippen LogP contribution < -0.4 is 5.43 Å². The normalized spacial score (nSPS) is 23.3. The van der Waals surface area contributed by atoms with Crippen LogP contribution in [0.5, 0.6) is 5.75 Å². The van der Waals surface area contributed by atoms with Gasteiger partial charge in [0.15, 0.2) is 11.6 Å². The Morgan fingerprint density at radius 2 is 1.75 bits per heavy atom. The molecular weight excluding hydrogens is 486 g/mol. The van der Waals surface area contributed by atoms with E-state index in [-0.39, 0.29) is 6.42 Å². The number of anilines is 1. The van der Waals surface area contributed by atoms with E-state index < -0.39 is 46.4 Å². The third kappa shape index (κ3) is 3.58. The Balaban J connectivity index is 1.73. The molecule has 0 spiro atoms. The number of imide groups is 1. The molecule has 3 atom stereocenters. The zero-order valence-corrected chi connectivity index (χ0v) is 19.7. The molecule has 5 nitrogen and oxygen atoms in total. The van der Waals surface area contributed by atoms with Crippen LogP contribution in [0.25, 0.3) is 0 Å². The number of carbonyl (C=O) groups excluding carboxylic acids is 2. The zero-order valence-electron chi connectivity index (χ0n) is 18.9. The van der Waals surface area contributed by atoms with Crippen molar-refractivity contribution in [1.29, 1.82) is 0 Å². The van der Waals surface area contributed by atoms with Gasteiger partial charge in [-0.1, -0.05) is 48.5 Å². The highest BCUT2D eigenvalue weighted by Gasteiger charge is 2.65. The third-order valence-corrected chi connectivity index (χ3v) is 7.20. The predicted molar refractivity (Wildman–Crippen MR) is 132 cm³/mol. The molecule has 0 bridgehead atoms. The number of hydrazine groups is 1. The standard InChI is InChI=1S/C28H21ClF2N2O3/c1-2-16-3-13-22-26(35)33(32-21-11-9-20(30)10-12-21)27(36)28(22,18-5-7-19(29)8-6-18)25(16)17-4-14-24(34)23(31)15-17/h2-12,14-15,22,25,32,34H,1,13H2/t22-,25+,28+/m0/s1. The molecule has 1 aliphatic carbocycles. The van der Waals surface area contributed by atoms with E-state index >= 15 is 0 Å². The summed E-state index contributed by atoms with van der Waals surface area (Å²) in [4.78, 5) is 28.1. The van der Waals surface area contributed by atoms with E-state index in [1.807, 2.05) is 6.08 Å². The van der Waals surface area contributed by atoms with Gasteiger partial charge >= 0.3 is 0 Å². The maximum absolute atomic E-state index is 14.5. The Kier molecular flexibility index (Phi) is 5.88. The van der Waals surface area contributed by atoms with Crippen molar-refractivity contribution >= 4 is 29.1 Å². The molecule has 0 radical (unpaired) electrons. The van der Waals surface area contributed by atoms with Crippen molar-refractivity contribution in [3.05, 3.63) is 119 Å². The fourth-order valence-corrected chi connectivity index (χ4v) is 5.49. The fourth-order valence-electron chi connectivity index (χ4n) is 5.37. The van der Waals surface area contributed by atoms with Gasteiger partial charge in [0.05, 0.1) is 17.0 Å². The zero-order chi connectivity index (χ0) is 25.6. The van der Waals surface area contributed by atoms with Gasteiger partial charge < -0.3 is 5.11 Å². The van der Waals surface area contributed by atoms with Crippen molar-refractivity contribution in [2.75, 3.05) is 5.43 Å². The molecule has 3 aromatic carbocycles. The van der Waals surface area contributed by atoms with E-state index in [0.717, 1.165) is 5.01 Å². The molecule has 2 N–H and O–H groups in total. The number of halogens is 3. The number of rotatable bonds is 5. The van der Waals surface area contributed by atoms with Crippen molar-refractivity contribution in [3.63, 3.8) is 0 Å². The van der Waals surface area contributed by atoms with Crippen molar-refractivity contribution in [2.24, 2.45) is 5.92 Å². The summed E-state index contributed by atoms with van der Waals surface area (Å²) in [6, 6.07) is 15.9. The first-order valence-corrected chi connectivity index (χ1v) is 11.6. The minimum atomic E-state index is -1.46. The van der Waals surface area contributed by atoms with Crippen molar-refractivity contribution in [3.8, 4) is 5.75 Å². The summed E-state index contributed by atoms with van der Waals surface area (Å²) < 4.78 is 28.0. The highest BCUT2D eigenvalue weighted by Crippen LogP contribution is 2.57. The van der Waals surface area contributed by atoms with Crippen LogP contribution in [0, 0.1) is 17.6 Å². The molecule has 1 heterocycles. The number of benzene rings is 3. The lowest BCUT2D eigenvalue weighted by atomic mass is 9.56. The van der Waals surface area contributed by atoms with Crippen LogP contribution >= 0.6 is 11.6 Å². The quantitative estimate of drug-likeness (QED) is 0.424. The average molecular weight is 507 g/mol. The summed E-state index contributed by atoms with van der Waals surface area (Å²) in [5.41, 5.74) is 3.31. The molecular formula is C28H21ClF2N2O3. The van der Waals surface area contributed by atoms with Gasteiger partial charge in [0.2, 0.25) is 0 Å². The van der Waals surface area contributed by atoms with Crippen LogP contribution in [0.15, 0.2) is 91.0 Å². The number of phenols is 1. The third-order valence-electron chi connectivity index (χ3n) is 6.95. The molecule has 182 valence electrons. The topological polar surface area (TPSA) is 69.6 Å². The van der Waals surface area contributed by atoms with Gasteiger partial charge in [0.25, 0.3) is 11.8 Å². The van der Waals surface area contributed by atoms with E-state index in [4.69, 9.17) is 11.6 Å². The molecule has 0 unspecified atom stereocenters. The van der Waals surface area contributed by atoms with Gasteiger partial charge in [-0.2, -0.15) is 5.01 Å². The number of hydrogen-bond acceptors (Lipinski definition) is 4. The van der Waals surface area contributed by atoms with E-state index in [1.165, 1.54) is 42.5 Å². The second kappa shape index (κ2) is 8.91. The van der Waals surface area contributed by atoms with Crippen molar-refractivity contribution in [2.45, 2.75) is 17.8 Å². The van der Waals surface area contributed by atoms with E-state index in [2.05, 4.69) is 12.0 Å². The van der Waals surface area contributed by atoms with Crippen LogP contribution in [0.3, 0.4) is 0 Å². The van der Waals surface area contributed by atoms with Crippen LogP contribution in [-0.2, 0) is 15.0 Å². The van der Waals surface area contributed by atoms with E-state index in [1.54, 1.807) is 30.3 Å². The average Bonchev–Trinajstić information content (AvgIpc) is 3.09. The lowest BCUT2D eigenvalue weighted by molar-refractivity contribution is -0.138. The highest BCUT2D eigenvalue weighted by molar-refractivity contribution is 6.30. The van der Waals surface area contributed by atoms with Crippen molar-refractivity contribution in [1.82, 2.24) is 5.01 Å². The molecule has 5 rings (SSSR count). The second-order valence-corrected chi connectivity index (χ2v) is 9.25. The first-order chi connectivity index (χ1) is 17.3. The number of fused-ring (bicyclic) bond motifs is 1. The Bertz CT molecular complexity index is 1410. The number of nitrogens with one attached hydrogen (secondary N) is 1. The van der Waals surface area contributed by atoms with Gasteiger partial charge in [-0.3, -0.25) is 15.0 Å². The summed E-state index contributed by atoms with van der Waals surface area (Å²) >= 11 is 6.14. The van der Waals surface area contributed by atoms with Crippen LogP contribution in [0.2, 0.25) is 5.02 Å². The maximum Gasteiger partial charge on any atom is 0.260 e. The van der Waals surface area contributed by atoms with Gasteiger partial charge in [-0.15, -0.1) is 0 Å². The first-order valence-electron chi connectivity index (χ1n) is 11.2. The summed E-state index contributed by atoms with van der Waals surface area (Å²) in [6.07, 6.45) is 3.66. The summed E-state index contributed by atoms with van der Waals surface area (Å²) in [7, 11) is 0. The highest BCUT2D eigenvalue weighted by atomic mass is 35.5. The number of nitrogens with zero attached hydrogens (tertiary/aromatic N) is 1. The molecule has 36 heavy (non-hydrogen) atoms. The Morgan fingerprint density at radius 3 is 2.39 bits per heavy atom. The summed E-state index contributed by atoms with van der Waals surface area (Å²) in [6.45, 7) is 3.90. The van der Waals surface area contributed by atoms with Gasteiger partial charge in [0, 0.05) is 10.9 Å². The fraction of sp³-hybridized carbons (Fsp3) is 0.143. The van der Waals surface area contributed by atoms with Crippen LogP contribution in [0.1, 0.15) is 23.5 Å². The lowest BCUT2D eigenvalue weighted by Crippen LogP contribution is -2.48. The molecule has 3 aromatic rings. The summed E-state index contributed by atoms with van der Waals surface area (Å²) in [5, 5.41) is 11.2. The Labute approximate surface area is 211 Å². The van der Waals surface area contributed by atoms with Gasteiger partial charge in [0.1, 0.15) is 5.82 Å². The minimum Gasteiger partial charge on any atom is -0.505 e. The molecule has 8 heteroatoms. The van der Waals surface area contributed by atoms with E-state index in [0.29, 0.717) is 27.4 Å². The molecule has 2 amide bonds. The lowest BCUT2D eigenvalue weighted by Gasteiger charge is -2.43. The Morgan fingerprint density at radius 1 is 1.06 bits per heavy atom. The Hall–Kier alpha value is -3.97. The number of carbonyl (C=O) groups is 2. The largest absolute Gasteiger partial charge is 0.505 e.